The molecule has 0 aliphatic rings. The summed E-state index contributed by atoms with van der Waals surface area (Å²) in [5, 5.41) is 17.8. The second-order valence-electron chi connectivity index (χ2n) is 3.71. The summed E-state index contributed by atoms with van der Waals surface area (Å²) in [7, 11) is 0. The zero-order chi connectivity index (χ0) is 13.0. The Bertz CT molecular complexity index is 611. The molecule has 0 bridgehead atoms. The molecule has 1 aromatic carbocycles. The van der Waals surface area contributed by atoms with E-state index < -0.39 is 0 Å². The number of nitrogens with zero attached hydrogens (tertiary/aromatic N) is 3. The van der Waals surface area contributed by atoms with Crippen LogP contribution >= 0.6 is 0 Å². The average Bonchev–Trinajstić information content (AvgIpc) is 2.76. The van der Waals surface area contributed by atoms with Gasteiger partial charge in [-0.05, 0) is 19.1 Å². The molecule has 0 unspecified atom stereocenters. The van der Waals surface area contributed by atoms with Crippen molar-refractivity contribution in [3.05, 3.63) is 30.1 Å². The maximum absolute atomic E-state index is 11.3. The van der Waals surface area contributed by atoms with Crippen LogP contribution in [0.4, 0.5) is 5.69 Å². The molecule has 2 aromatic rings. The first-order valence-corrected chi connectivity index (χ1v) is 5.35. The Labute approximate surface area is 104 Å². The average molecular weight is 241 g/mol. The van der Waals surface area contributed by atoms with E-state index in [-0.39, 0.29) is 12.3 Å². The molecule has 0 saturated carbocycles. The Hall–Kier alpha value is -2.68. The molecule has 2 N–H and O–H groups in total. The Morgan fingerprint density at radius 2 is 2.39 bits per heavy atom. The van der Waals surface area contributed by atoms with Gasteiger partial charge in [0.25, 0.3) is 0 Å². The summed E-state index contributed by atoms with van der Waals surface area (Å²) in [5.41, 5.74) is 1.42. The number of aryl methyl sites for hydroxylation is 1. The number of anilines is 1. The lowest BCUT2D eigenvalue weighted by molar-refractivity contribution is -0.115. The molecular formula is C12H11N5O. The number of carbonyl (C=O) groups excluding carboxylic acids is 1. The summed E-state index contributed by atoms with van der Waals surface area (Å²) < 4.78 is 0. The third-order valence-electron chi connectivity index (χ3n) is 2.24. The van der Waals surface area contributed by atoms with Crippen molar-refractivity contribution in [1.82, 2.24) is 15.2 Å². The van der Waals surface area contributed by atoms with Gasteiger partial charge in [-0.1, -0.05) is 12.1 Å². The van der Waals surface area contributed by atoms with Crippen molar-refractivity contribution in [2.24, 2.45) is 0 Å². The summed E-state index contributed by atoms with van der Waals surface area (Å²) in [5.74, 6) is 0.966. The summed E-state index contributed by atoms with van der Waals surface area (Å²) in [6, 6.07) is 8.95. The minimum absolute atomic E-state index is 0.163. The summed E-state index contributed by atoms with van der Waals surface area (Å²) in [4.78, 5) is 15.5. The van der Waals surface area contributed by atoms with Gasteiger partial charge in [0.15, 0.2) is 5.82 Å². The molecule has 0 saturated heterocycles. The maximum atomic E-state index is 11.3. The van der Waals surface area contributed by atoms with Crippen LogP contribution in [0.1, 0.15) is 12.2 Å². The number of H-pyrrole nitrogens is 1. The third kappa shape index (κ3) is 2.71. The predicted octanol–water partition coefficient (Wildman–Crippen LogP) is 1.63. The van der Waals surface area contributed by atoms with Gasteiger partial charge in [0.2, 0.25) is 5.91 Å². The van der Waals surface area contributed by atoms with Crippen molar-refractivity contribution < 1.29 is 4.79 Å². The van der Waals surface area contributed by atoms with E-state index in [0.29, 0.717) is 11.5 Å². The molecule has 0 spiro atoms. The number of aromatic nitrogens is 3. The number of carbonyl (C=O) groups is 1. The van der Waals surface area contributed by atoms with Gasteiger partial charge in [0.1, 0.15) is 12.2 Å². The highest BCUT2D eigenvalue weighted by molar-refractivity contribution is 5.92. The lowest BCUT2D eigenvalue weighted by atomic mass is 10.2. The van der Waals surface area contributed by atoms with Gasteiger partial charge in [0.05, 0.1) is 6.07 Å². The van der Waals surface area contributed by atoms with Gasteiger partial charge >= 0.3 is 0 Å². The number of nitrogens with one attached hydrogen (secondary N) is 2. The molecule has 1 aromatic heterocycles. The fourth-order valence-corrected chi connectivity index (χ4v) is 1.48. The maximum Gasteiger partial charge on any atom is 0.238 e. The van der Waals surface area contributed by atoms with Crippen LogP contribution in [0.5, 0.6) is 0 Å². The normalized spacial score (nSPS) is 9.78. The SMILES string of the molecule is Cc1nc(-c2cccc(NC(=O)CC#N)c2)n[nH]1. The quantitative estimate of drug-likeness (QED) is 0.853. The highest BCUT2D eigenvalue weighted by Gasteiger charge is 2.06. The Morgan fingerprint density at radius 1 is 1.56 bits per heavy atom. The molecule has 6 nitrogen and oxygen atoms in total. The number of benzene rings is 1. The van der Waals surface area contributed by atoms with Crippen LogP contribution in [-0.4, -0.2) is 21.1 Å². The van der Waals surface area contributed by atoms with Crippen molar-refractivity contribution >= 4 is 11.6 Å². The van der Waals surface area contributed by atoms with Crippen molar-refractivity contribution in [2.75, 3.05) is 5.32 Å². The highest BCUT2D eigenvalue weighted by Crippen LogP contribution is 2.19. The smallest absolute Gasteiger partial charge is 0.238 e. The standard InChI is InChI=1S/C12H11N5O/c1-8-14-12(17-16-8)9-3-2-4-10(7-9)15-11(18)5-6-13/h2-4,7H,5H2,1H3,(H,15,18)(H,14,16,17). The molecular weight excluding hydrogens is 230 g/mol. The molecule has 1 amide bonds. The zero-order valence-electron chi connectivity index (χ0n) is 9.77. The van der Waals surface area contributed by atoms with Crippen molar-refractivity contribution in [3.63, 3.8) is 0 Å². The fourth-order valence-electron chi connectivity index (χ4n) is 1.48. The second kappa shape index (κ2) is 5.10. The van der Waals surface area contributed by atoms with Crippen LogP contribution in [0.15, 0.2) is 24.3 Å². The number of hydrogen-bond acceptors (Lipinski definition) is 4. The van der Waals surface area contributed by atoms with Crippen LogP contribution < -0.4 is 5.32 Å². The van der Waals surface area contributed by atoms with Gasteiger partial charge in [0, 0.05) is 11.3 Å². The summed E-state index contributed by atoms with van der Waals surface area (Å²) in [6.45, 7) is 1.81. The minimum Gasteiger partial charge on any atom is -0.325 e. The number of aromatic amines is 1. The Kier molecular flexibility index (Phi) is 3.34. The van der Waals surface area contributed by atoms with Gasteiger partial charge in [-0.25, -0.2) is 4.98 Å². The van der Waals surface area contributed by atoms with Gasteiger partial charge < -0.3 is 5.32 Å². The second-order valence-corrected chi connectivity index (χ2v) is 3.71. The topological polar surface area (TPSA) is 94.5 Å². The minimum atomic E-state index is -0.333. The first-order chi connectivity index (χ1) is 8.69. The van der Waals surface area contributed by atoms with Crippen LogP contribution in [0.3, 0.4) is 0 Å². The van der Waals surface area contributed by atoms with Gasteiger partial charge in [-0.3, -0.25) is 9.89 Å². The number of rotatable bonds is 3. The molecule has 0 aliphatic heterocycles. The molecule has 90 valence electrons. The monoisotopic (exact) mass is 241 g/mol. The van der Waals surface area contributed by atoms with E-state index >= 15 is 0 Å². The Morgan fingerprint density at radius 3 is 3.06 bits per heavy atom. The van der Waals surface area contributed by atoms with Crippen LogP contribution in [0.25, 0.3) is 11.4 Å². The number of hydrogen-bond donors (Lipinski definition) is 2. The highest BCUT2D eigenvalue weighted by atomic mass is 16.1. The molecule has 6 heteroatoms. The molecule has 2 rings (SSSR count). The number of nitriles is 1. The summed E-state index contributed by atoms with van der Waals surface area (Å²) in [6.07, 6.45) is -0.163. The van der Waals surface area contributed by atoms with Crippen molar-refractivity contribution in [2.45, 2.75) is 13.3 Å². The molecule has 18 heavy (non-hydrogen) atoms. The van der Waals surface area contributed by atoms with E-state index in [2.05, 4.69) is 20.5 Å². The van der Waals surface area contributed by atoms with E-state index in [1.54, 1.807) is 24.3 Å². The van der Waals surface area contributed by atoms with E-state index in [9.17, 15) is 4.79 Å². The fraction of sp³-hybridized carbons (Fsp3) is 0.167. The van der Waals surface area contributed by atoms with Crippen LogP contribution in [0, 0.1) is 18.3 Å². The largest absolute Gasteiger partial charge is 0.325 e. The lowest BCUT2D eigenvalue weighted by Gasteiger charge is -2.03. The van der Waals surface area contributed by atoms with Gasteiger partial charge in [-0.2, -0.15) is 10.4 Å². The molecule has 0 fully saturated rings. The van der Waals surface area contributed by atoms with E-state index in [1.807, 2.05) is 13.0 Å². The van der Waals surface area contributed by atoms with Crippen molar-refractivity contribution in [3.8, 4) is 17.5 Å². The summed E-state index contributed by atoms with van der Waals surface area (Å²) >= 11 is 0. The zero-order valence-corrected chi connectivity index (χ0v) is 9.77. The first kappa shape index (κ1) is 11.8. The van der Waals surface area contributed by atoms with E-state index in [0.717, 1.165) is 11.4 Å². The van der Waals surface area contributed by atoms with Crippen LogP contribution in [0.2, 0.25) is 0 Å². The lowest BCUT2D eigenvalue weighted by Crippen LogP contribution is -2.09. The molecule has 0 radical (unpaired) electrons. The van der Waals surface area contributed by atoms with Crippen molar-refractivity contribution in [1.29, 1.82) is 5.26 Å². The molecule has 1 heterocycles. The van der Waals surface area contributed by atoms with E-state index in [4.69, 9.17) is 5.26 Å². The first-order valence-electron chi connectivity index (χ1n) is 5.35. The molecule has 0 atom stereocenters. The Balaban J connectivity index is 2.20. The van der Waals surface area contributed by atoms with Gasteiger partial charge in [-0.15, -0.1) is 0 Å². The van der Waals surface area contributed by atoms with E-state index in [1.165, 1.54) is 0 Å². The third-order valence-corrected chi connectivity index (χ3v) is 2.24. The van der Waals surface area contributed by atoms with Crippen LogP contribution in [-0.2, 0) is 4.79 Å². The predicted molar refractivity (Wildman–Crippen MR) is 65.4 cm³/mol. The number of amides is 1. The molecule has 0 aliphatic carbocycles.